The summed E-state index contributed by atoms with van der Waals surface area (Å²) in [5.41, 5.74) is 6.09. The first-order valence-electron chi connectivity index (χ1n) is 7.19. The van der Waals surface area contributed by atoms with Crippen LogP contribution < -0.4 is 5.73 Å². The molecule has 1 fully saturated rings. The zero-order valence-electron chi connectivity index (χ0n) is 12.2. The molecule has 3 nitrogen and oxygen atoms in total. The van der Waals surface area contributed by atoms with E-state index in [-0.39, 0.29) is 0 Å². The minimum Gasteiger partial charge on any atom is -0.327 e. The van der Waals surface area contributed by atoms with Gasteiger partial charge in [0.2, 0.25) is 0 Å². The Hall–Kier alpha value is -0.120. The van der Waals surface area contributed by atoms with E-state index < -0.39 is 0 Å². The summed E-state index contributed by atoms with van der Waals surface area (Å²) >= 11 is 0. The van der Waals surface area contributed by atoms with Crippen LogP contribution in [-0.2, 0) is 0 Å². The third-order valence-corrected chi connectivity index (χ3v) is 3.72. The lowest BCUT2D eigenvalue weighted by Gasteiger charge is -2.36. The summed E-state index contributed by atoms with van der Waals surface area (Å²) in [4.78, 5) is 5.16. The summed E-state index contributed by atoms with van der Waals surface area (Å²) in [5, 5.41) is 0. The number of rotatable bonds is 6. The van der Waals surface area contributed by atoms with E-state index in [0.29, 0.717) is 12.0 Å². The molecule has 1 saturated heterocycles. The van der Waals surface area contributed by atoms with Gasteiger partial charge < -0.3 is 15.5 Å². The Labute approximate surface area is 107 Å². The number of nitrogens with zero attached hydrogens (tertiary/aromatic N) is 2. The molecule has 0 amide bonds. The molecule has 0 radical (unpaired) electrons. The first-order chi connectivity index (χ1) is 7.99. The van der Waals surface area contributed by atoms with E-state index in [0.717, 1.165) is 12.3 Å². The Morgan fingerprint density at radius 2 is 1.47 bits per heavy atom. The van der Waals surface area contributed by atoms with Gasteiger partial charge in [-0.15, -0.1) is 0 Å². The van der Waals surface area contributed by atoms with Gasteiger partial charge in [0, 0.05) is 38.8 Å². The van der Waals surface area contributed by atoms with Crippen molar-refractivity contribution in [3.05, 3.63) is 0 Å². The molecule has 0 aliphatic carbocycles. The topological polar surface area (TPSA) is 32.5 Å². The molecule has 0 bridgehead atoms. The van der Waals surface area contributed by atoms with E-state index in [1.165, 1.54) is 39.3 Å². The molecule has 17 heavy (non-hydrogen) atoms. The smallest absolute Gasteiger partial charge is 0.0110 e. The zero-order chi connectivity index (χ0) is 12.8. The molecule has 2 N–H and O–H groups in total. The summed E-state index contributed by atoms with van der Waals surface area (Å²) in [6.45, 7) is 16.4. The van der Waals surface area contributed by atoms with E-state index >= 15 is 0 Å². The van der Waals surface area contributed by atoms with Crippen LogP contribution in [0.15, 0.2) is 0 Å². The van der Waals surface area contributed by atoms with Crippen molar-refractivity contribution >= 4 is 0 Å². The number of nitrogens with two attached hydrogens (primary N) is 1. The van der Waals surface area contributed by atoms with Gasteiger partial charge in [-0.3, -0.25) is 0 Å². The molecule has 1 atom stereocenters. The SMILES string of the molecule is CC(C)CN1CCN(CC[C@H](N)C(C)C)CC1. The van der Waals surface area contributed by atoms with Gasteiger partial charge in [0.15, 0.2) is 0 Å². The lowest BCUT2D eigenvalue weighted by atomic mass is 10.0. The first kappa shape index (κ1) is 14.9. The molecule has 3 heteroatoms. The fraction of sp³-hybridized carbons (Fsp3) is 1.00. The van der Waals surface area contributed by atoms with Gasteiger partial charge in [-0.1, -0.05) is 27.7 Å². The Morgan fingerprint density at radius 3 is 1.94 bits per heavy atom. The second-order valence-corrected chi connectivity index (χ2v) is 6.23. The fourth-order valence-electron chi connectivity index (χ4n) is 2.38. The maximum atomic E-state index is 6.09. The van der Waals surface area contributed by atoms with Crippen LogP contribution in [0.2, 0.25) is 0 Å². The molecule has 102 valence electrons. The second-order valence-electron chi connectivity index (χ2n) is 6.23. The third-order valence-electron chi connectivity index (χ3n) is 3.72. The minimum absolute atomic E-state index is 0.365. The fourth-order valence-corrected chi connectivity index (χ4v) is 2.38. The van der Waals surface area contributed by atoms with Crippen LogP contribution in [0.5, 0.6) is 0 Å². The van der Waals surface area contributed by atoms with Gasteiger partial charge >= 0.3 is 0 Å². The van der Waals surface area contributed by atoms with Crippen molar-refractivity contribution in [1.82, 2.24) is 9.80 Å². The monoisotopic (exact) mass is 241 g/mol. The highest BCUT2D eigenvalue weighted by atomic mass is 15.3. The summed E-state index contributed by atoms with van der Waals surface area (Å²) in [6.07, 6.45) is 1.14. The number of hydrogen-bond acceptors (Lipinski definition) is 3. The highest BCUT2D eigenvalue weighted by Gasteiger charge is 2.18. The van der Waals surface area contributed by atoms with Crippen molar-refractivity contribution in [2.45, 2.75) is 40.2 Å². The maximum absolute atomic E-state index is 6.09. The van der Waals surface area contributed by atoms with Crippen LogP contribution >= 0.6 is 0 Å². The highest BCUT2D eigenvalue weighted by Crippen LogP contribution is 2.08. The van der Waals surface area contributed by atoms with Crippen molar-refractivity contribution in [3.63, 3.8) is 0 Å². The van der Waals surface area contributed by atoms with Crippen molar-refractivity contribution in [2.75, 3.05) is 39.3 Å². The summed E-state index contributed by atoms with van der Waals surface area (Å²) in [5.74, 6) is 1.40. The zero-order valence-corrected chi connectivity index (χ0v) is 12.2. The van der Waals surface area contributed by atoms with E-state index in [2.05, 4.69) is 37.5 Å². The average molecular weight is 241 g/mol. The Kier molecular flexibility index (Phi) is 6.45. The molecule has 0 unspecified atom stereocenters. The largest absolute Gasteiger partial charge is 0.327 e. The van der Waals surface area contributed by atoms with Gasteiger partial charge in [-0.05, 0) is 24.8 Å². The first-order valence-corrected chi connectivity index (χ1v) is 7.19. The second kappa shape index (κ2) is 7.34. The normalized spacial score (nSPS) is 21.4. The minimum atomic E-state index is 0.365. The molecule has 0 aromatic rings. The van der Waals surface area contributed by atoms with Crippen molar-refractivity contribution in [3.8, 4) is 0 Å². The van der Waals surface area contributed by atoms with Crippen molar-refractivity contribution < 1.29 is 0 Å². The van der Waals surface area contributed by atoms with Crippen LogP contribution in [0.25, 0.3) is 0 Å². The van der Waals surface area contributed by atoms with Crippen molar-refractivity contribution in [2.24, 2.45) is 17.6 Å². The predicted molar refractivity (Wildman–Crippen MR) is 75.1 cm³/mol. The molecular weight excluding hydrogens is 210 g/mol. The van der Waals surface area contributed by atoms with E-state index in [1.54, 1.807) is 0 Å². The van der Waals surface area contributed by atoms with Crippen LogP contribution in [0.3, 0.4) is 0 Å². The van der Waals surface area contributed by atoms with Gasteiger partial charge in [0.1, 0.15) is 0 Å². The number of hydrogen-bond donors (Lipinski definition) is 1. The Balaban J connectivity index is 2.15. The average Bonchev–Trinajstić information content (AvgIpc) is 2.26. The quantitative estimate of drug-likeness (QED) is 0.767. The van der Waals surface area contributed by atoms with E-state index in [4.69, 9.17) is 5.73 Å². The Bertz CT molecular complexity index is 196. The molecule has 1 aliphatic rings. The predicted octanol–water partition coefficient (Wildman–Crippen LogP) is 1.63. The van der Waals surface area contributed by atoms with Crippen molar-refractivity contribution in [1.29, 1.82) is 0 Å². The van der Waals surface area contributed by atoms with E-state index in [9.17, 15) is 0 Å². The Morgan fingerprint density at radius 1 is 0.941 bits per heavy atom. The molecule has 0 spiro atoms. The molecule has 0 saturated carbocycles. The van der Waals surface area contributed by atoms with Gasteiger partial charge in [0.25, 0.3) is 0 Å². The molecule has 0 aromatic heterocycles. The van der Waals surface area contributed by atoms with Gasteiger partial charge in [-0.25, -0.2) is 0 Å². The van der Waals surface area contributed by atoms with Gasteiger partial charge in [-0.2, -0.15) is 0 Å². The van der Waals surface area contributed by atoms with Crippen LogP contribution in [0.1, 0.15) is 34.1 Å². The van der Waals surface area contributed by atoms with Crippen LogP contribution in [0, 0.1) is 11.8 Å². The summed E-state index contributed by atoms with van der Waals surface area (Å²) < 4.78 is 0. The molecule has 0 aromatic carbocycles. The lowest BCUT2D eigenvalue weighted by molar-refractivity contribution is 0.118. The molecule has 1 heterocycles. The standard InChI is InChI=1S/C14H31N3/c1-12(2)11-17-9-7-16(8-10-17)6-5-14(15)13(3)4/h12-14H,5-11,15H2,1-4H3/t14-/m0/s1. The maximum Gasteiger partial charge on any atom is 0.0110 e. The van der Waals surface area contributed by atoms with Crippen LogP contribution in [0.4, 0.5) is 0 Å². The lowest BCUT2D eigenvalue weighted by Crippen LogP contribution is -2.48. The molecule has 1 rings (SSSR count). The molecule has 1 aliphatic heterocycles. The summed E-state index contributed by atoms with van der Waals surface area (Å²) in [6, 6.07) is 0.365. The molecular formula is C14H31N3. The van der Waals surface area contributed by atoms with E-state index in [1.807, 2.05) is 0 Å². The third kappa shape index (κ3) is 5.84. The number of piperazine rings is 1. The highest BCUT2D eigenvalue weighted by molar-refractivity contribution is 4.75. The van der Waals surface area contributed by atoms with Gasteiger partial charge in [0.05, 0.1) is 0 Å². The van der Waals surface area contributed by atoms with Crippen LogP contribution in [-0.4, -0.2) is 55.1 Å². The summed E-state index contributed by atoms with van der Waals surface area (Å²) in [7, 11) is 0.